The minimum absolute atomic E-state index is 0.0309. The Morgan fingerprint density at radius 3 is 1.83 bits per heavy atom. The van der Waals surface area contributed by atoms with Crippen molar-refractivity contribution in [2.75, 3.05) is 24.7 Å². The van der Waals surface area contributed by atoms with Crippen molar-refractivity contribution in [1.29, 1.82) is 0 Å². The Kier molecular flexibility index (Phi) is 9.92. The average molecular weight is 833 g/mol. The fourth-order valence-corrected chi connectivity index (χ4v) is 11.2. The van der Waals surface area contributed by atoms with Gasteiger partial charge in [-0.25, -0.2) is 20.1 Å². The Hall–Kier alpha value is -2.54. The maximum atomic E-state index is 12.7. The molecule has 4 aromatic rings. The molecule has 290 valence electrons. The number of rotatable bonds is 4. The highest BCUT2D eigenvalue weighted by atomic mass is 32.5. The van der Waals surface area contributed by atoms with E-state index in [4.69, 9.17) is 58.0 Å². The molecule has 0 amide bonds. The van der Waals surface area contributed by atoms with Crippen LogP contribution in [-0.2, 0) is 46.6 Å². The molecular formula is C27H42N12O9P2S2Si. The quantitative estimate of drug-likeness (QED) is 0.103. The van der Waals surface area contributed by atoms with Crippen molar-refractivity contribution in [3.8, 4) is 0 Å². The van der Waals surface area contributed by atoms with E-state index in [1.165, 1.54) is 17.2 Å². The van der Waals surface area contributed by atoms with Gasteiger partial charge in [0.05, 0.1) is 38.0 Å². The van der Waals surface area contributed by atoms with Crippen LogP contribution in [0.1, 0.15) is 40.2 Å². The molecule has 3 aliphatic rings. The van der Waals surface area contributed by atoms with Crippen LogP contribution < -0.4 is 32.8 Å². The van der Waals surface area contributed by atoms with Gasteiger partial charge in [0.1, 0.15) is 24.5 Å². The third kappa shape index (κ3) is 7.31. The van der Waals surface area contributed by atoms with Gasteiger partial charge in [-0.2, -0.15) is 9.97 Å². The van der Waals surface area contributed by atoms with E-state index in [0.29, 0.717) is 0 Å². The number of nitrogens with zero attached hydrogens (tertiary/aromatic N) is 6. The standard InChI is InChI=1S/C27H42N12O9P2S2Si/c1-11-14-12(46-23(11)38-9-30-16-19(38)32-25(28)34-21(16)40)7-44-50(43,52)37-15-13(8-45-49(42,51)36-14)47-24(18(15)48-53(5,6)27(2,3)4)39-10-31-17-20(39)33-26(29)35-22(17)41/h9-15,18,23-24H,7-8H2,1-6H3,(H2,36,42,51)(H2,37,43,52)(H3,28,32,34,40)(H3,29,33,35,41)/t11-,12-,13-,14+,15-,18-,23-,24-,49?,50?/m1/s1. The second-order valence-electron chi connectivity index (χ2n) is 14.8. The zero-order chi connectivity index (χ0) is 38.4. The van der Waals surface area contributed by atoms with Crippen LogP contribution >= 0.6 is 13.3 Å². The predicted molar refractivity (Wildman–Crippen MR) is 203 cm³/mol. The van der Waals surface area contributed by atoms with Crippen LogP contribution in [0.4, 0.5) is 11.9 Å². The molecule has 0 saturated carbocycles. The Labute approximate surface area is 313 Å². The Morgan fingerprint density at radius 2 is 1.32 bits per heavy atom. The van der Waals surface area contributed by atoms with Gasteiger partial charge in [0.15, 0.2) is 36.9 Å². The fourth-order valence-electron chi connectivity index (χ4n) is 6.53. The zero-order valence-electron chi connectivity index (χ0n) is 29.5. The molecule has 3 fully saturated rings. The summed E-state index contributed by atoms with van der Waals surface area (Å²) in [6, 6.07) is -1.59. The summed E-state index contributed by atoms with van der Waals surface area (Å²) in [6.45, 7) is 3.98. The molecule has 3 aliphatic heterocycles. The molecular weight excluding hydrogens is 791 g/mol. The summed E-state index contributed by atoms with van der Waals surface area (Å²) >= 11 is 11.3. The highest BCUT2D eigenvalue weighted by molar-refractivity contribution is 8.08. The Morgan fingerprint density at radius 1 is 0.868 bits per heavy atom. The van der Waals surface area contributed by atoms with Crippen molar-refractivity contribution >= 4 is 79.4 Å². The van der Waals surface area contributed by atoms with Gasteiger partial charge in [-0.1, -0.05) is 27.7 Å². The number of nitrogens with one attached hydrogen (secondary N) is 4. The largest absolute Gasteiger partial charge is 0.408 e. The summed E-state index contributed by atoms with van der Waals surface area (Å²) in [5.41, 5.74) is 11.1. The highest BCUT2D eigenvalue weighted by Gasteiger charge is 2.54. The third-order valence-corrected chi connectivity index (χ3v) is 18.2. The van der Waals surface area contributed by atoms with Crippen LogP contribution in [0.5, 0.6) is 0 Å². The van der Waals surface area contributed by atoms with E-state index in [9.17, 15) is 19.4 Å². The molecule has 0 aliphatic carbocycles. The molecule has 21 nitrogen and oxygen atoms in total. The first kappa shape index (κ1) is 38.7. The number of anilines is 2. The minimum atomic E-state index is -3.87. The van der Waals surface area contributed by atoms with E-state index in [1.54, 1.807) is 4.57 Å². The van der Waals surface area contributed by atoms with E-state index >= 15 is 0 Å². The van der Waals surface area contributed by atoms with E-state index in [2.05, 4.69) is 73.9 Å². The van der Waals surface area contributed by atoms with Gasteiger partial charge in [0, 0.05) is 5.92 Å². The summed E-state index contributed by atoms with van der Waals surface area (Å²) in [7, 11) is -2.61. The number of ether oxygens (including phenoxy) is 2. The number of nitrogens with two attached hydrogens (primary N) is 2. The highest BCUT2D eigenvalue weighted by Crippen LogP contribution is 2.50. The van der Waals surface area contributed by atoms with Crippen LogP contribution in [0, 0.1) is 5.92 Å². The first-order valence-corrected chi connectivity index (χ1v) is 24.8. The van der Waals surface area contributed by atoms with Crippen LogP contribution in [0.15, 0.2) is 22.2 Å². The molecule has 10 N–H and O–H groups in total. The lowest BCUT2D eigenvalue weighted by Gasteiger charge is -2.41. The number of hydrogen-bond donors (Lipinski definition) is 8. The predicted octanol–water partition coefficient (Wildman–Crippen LogP) is 0.635. The molecule has 26 heteroatoms. The van der Waals surface area contributed by atoms with Crippen molar-refractivity contribution in [2.24, 2.45) is 5.92 Å². The van der Waals surface area contributed by atoms with Crippen LogP contribution in [0.2, 0.25) is 18.1 Å². The van der Waals surface area contributed by atoms with E-state index in [0.717, 1.165) is 0 Å². The topological polar surface area (TPSA) is 290 Å². The molecule has 2 unspecified atom stereocenters. The molecule has 0 radical (unpaired) electrons. The molecule has 53 heavy (non-hydrogen) atoms. The molecule has 10 atom stereocenters. The lowest BCUT2D eigenvalue weighted by Crippen LogP contribution is -2.53. The molecule has 3 saturated heterocycles. The van der Waals surface area contributed by atoms with Crippen LogP contribution in [-0.4, -0.2) is 101 Å². The zero-order valence-corrected chi connectivity index (χ0v) is 33.9. The second-order valence-corrected chi connectivity index (χ2v) is 25.7. The van der Waals surface area contributed by atoms with Gasteiger partial charge in [0.25, 0.3) is 24.4 Å². The van der Waals surface area contributed by atoms with Gasteiger partial charge in [0.2, 0.25) is 11.9 Å². The van der Waals surface area contributed by atoms with E-state index in [1.807, 2.05) is 6.92 Å². The third-order valence-electron chi connectivity index (χ3n) is 10.2. The van der Waals surface area contributed by atoms with E-state index in [-0.39, 0.29) is 52.5 Å². The smallest absolute Gasteiger partial charge is 0.280 e. The minimum Gasteiger partial charge on any atom is -0.408 e. The summed E-state index contributed by atoms with van der Waals surface area (Å²) in [5.74, 6) is -0.674. The van der Waals surface area contributed by atoms with Crippen molar-refractivity contribution in [1.82, 2.24) is 49.2 Å². The molecule has 0 spiro atoms. The van der Waals surface area contributed by atoms with Crippen molar-refractivity contribution < 1.29 is 32.7 Å². The normalized spacial score (nSPS) is 34.5. The lowest BCUT2D eigenvalue weighted by molar-refractivity contribution is -0.0437. The van der Waals surface area contributed by atoms with Gasteiger partial charge in [-0.05, 0) is 41.7 Å². The van der Waals surface area contributed by atoms with Gasteiger partial charge < -0.3 is 44.2 Å². The number of nitrogen functional groups attached to an aromatic ring is 2. The number of hydrogen-bond acceptors (Lipinski definition) is 15. The molecule has 7 rings (SSSR count). The second kappa shape index (κ2) is 13.6. The number of fused-ring (bicyclic) bond motifs is 4. The van der Waals surface area contributed by atoms with Crippen molar-refractivity contribution in [2.45, 2.75) is 88.7 Å². The summed E-state index contributed by atoms with van der Waals surface area (Å²) < 4.78 is 35.2. The fraction of sp³-hybridized carbons (Fsp3) is 0.630. The number of aromatic nitrogens is 8. The number of H-pyrrole nitrogens is 2. The van der Waals surface area contributed by atoms with Gasteiger partial charge >= 0.3 is 0 Å². The van der Waals surface area contributed by atoms with Crippen LogP contribution in [0.3, 0.4) is 0 Å². The average Bonchev–Trinajstić information content (AvgIpc) is 3.79. The SMILES string of the molecule is C[C@@H]1[C@@H]2NP(O)(=S)OC[C@H]3O[C@@H](n4cnc5c(=O)[nH]c(N)nc54)[C@H](O[Si](C)(C)C(C)(C)C)[C@@H]3NP(O)(=S)OC[C@H]2O[C@H]1n1cnc2c(=O)[nH]c(N)nc21. The van der Waals surface area contributed by atoms with Crippen molar-refractivity contribution in [3.05, 3.63) is 33.4 Å². The molecule has 7 heterocycles. The summed E-state index contributed by atoms with van der Waals surface area (Å²) in [6.07, 6.45) is -1.61. The maximum absolute atomic E-state index is 12.7. The Balaban J connectivity index is 1.24. The van der Waals surface area contributed by atoms with Gasteiger partial charge in [-0.3, -0.25) is 28.7 Å². The monoisotopic (exact) mass is 832 g/mol. The number of imidazole rings is 2. The first-order valence-electron chi connectivity index (χ1n) is 16.6. The molecule has 0 bridgehead atoms. The lowest BCUT2D eigenvalue weighted by atomic mass is 10.00. The van der Waals surface area contributed by atoms with Gasteiger partial charge in [-0.15, -0.1) is 0 Å². The summed E-state index contributed by atoms with van der Waals surface area (Å²) in [4.78, 5) is 70.4. The number of aromatic amines is 2. The van der Waals surface area contributed by atoms with Crippen molar-refractivity contribution in [3.63, 3.8) is 0 Å². The Bertz CT molecular complexity index is 2280. The molecule has 4 aromatic heterocycles. The maximum Gasteiger partial charge on any atom is 0.280 e. The first-order chi connectivity index (χ1) is 24.6. The molecule has 0 aromatic carbocycles. The van der Waals surface area contributed by atoms with Crippen LogP contribution in [0.25, 0.3) is 22.3 Å². The summed E-state index contributed by atoms with van der Waals surface area (Å²) in [5, 5.41) is 5.90. The van der Waals surface area contributed by atoms with E-state index < -0.39 is 81.5 Å².